The van der Waals surface area contributed by atoms with Crippen molar-refractivity contribution in [3.05, 3.63) is 22.4 Å². The summed E-state index contributed by atoms with van der Waals surface area (Å²) < 4.78 is 0. The van der Waals surface area contributed by atoms with Crippen molar-refractivity contribution in [2.45, 2.75) is 25.5 Å². The molecular formula is C10H16NOS+. The van der Waals surface area contributed by atoms with Crippen LogP contribution in [0.5, 0.6) is 0 Å². The molecule has 2 rings (SSSR count). The Hall–Kier alpha value is -0.380. The molecule has 1 saturated heterocycles. The van der Waals surface area contributed by atoms with Crippen LogP contribution in [0.25, 0.3) is 0 Å². The first kappa shape index (κ1) is 9.19. The van der Waals surface area contributed by atoms with Crippen molar-refractivity contribution in [1.82, 2.24) is 0 Å². The molecule has 0 bridgehead atoms. The van der Waals surface area contributed by atoms with E-state index in [9.17, 15) is 5.11 Å². The zero-order chi connectivity index (χ0) is 9.10. The number of piperidine rings is 1. The van der Waals surface area contributed by atoms with E-state index in [0.29, 0.717) is 0 Å². The summed E-state index contributed by atoms with van der Waals surface area (Å²) in [6, 6.07) is 2.18. The second kappa shape index (κ2) is 4.22. The highest BCUT2D eigenvalue weighted by atomic mass is 32.1. The molecule has 2 atom stereocenters. The third-order valence-corrected chi connectivity index (χ3v) is 3.36. The molecule has 2 N–H and O–H groups in total. The minimum absolute atomic E-state index is 0.0672. The number of aliphatic hydroxyl groups is 1. The first-order chi connectivity index (χ1) is 6.34. The lowest BCUT2D eigenvalue weighted by molar-refractivity contribution is -0.921. The summed E-state index contributed by atoms with van der Waals surface area (Å²) in [5, 5.41) is 13.8. The molecule has 0 radical (unpaired) electrons. The Morgan fingerprint density at radius 1 is 1.62 bits per heavy atom. The lowest BCUT2D eigenvalue weighted by Gasteiger charge is -2.26. The van der Waals surface area contributed by atoms with Crippen LogP contribution in [0, 0.1) is 0 Å². The van der Waals surface area contributed by atoms with Crippen molar-refractivity contribution in [3.8, 4) is 0 Å². The molecule has 0 spiro atoms. The van der Waals surface area contributed by atoms with E-state index in [-0.39, 0.29) is 6.10 Å². The van der Waals surface area contributed by atoms with Crippen LogP contribution in [0.3, 0.4) is 0 Å². The third-order valence-electron chi connectivity index (χ3n) is 2.63. The van der Waals surface area contributed by atoms with E-state index in [1.165, 1.54) is 23.4 Å². The highest BCUT2D eigenvalue weighted by Gasteiger charge is 2.20. The van der Waals surface area contributed by atoms with E-state index in [4.69, 9.17) is 0 Å². The van der Waals surface area contributed by atoms with Gasteiger partial charge in [0.1, 0.15) is 19.2 Å². The maximum absolute atomic E-state index is 9.49. The Morgan fingerprint density at radius 3 is 3.23 bits per heavy atom. The second-order valence-electron chi connectivity index (χ2n) is 3.81. The highest BCUT2D eigenvalue weighted by molar-refractivity contribution is 7.07. The van der Waals surface area contributed by atoms with Crippen LogP contribution in [-0.2, 0) is 6.54 Å². The van der Waals surface area contributed by atoms with Crippen LogP contribution in [0.15, 0.2) is 16.8 Å². The zero-order valence-corrected chi connectivity index (χ0v) is 8.52. The molecular weight excluding hydrogens is 182 g/mol. The van der Waals surface area contributed by atoms with Crippen molar-refractivity contribution >= 4 is 11.3 Å². The number of hydrogen-bond donors (Lipinski definition) is 2. The number of rotatable bonds is 2. The van der Waals surface area contributed by atoms with Gasteiger partial charge in [-0.2, -0.15) is 11.3 Å². The van der Waals surface area contributed by atoms with Gasteiger partial charge in [-0.1, -0.05) is 0 Å². The number of nitrogens with one attached hydrogen (secondary N) is 1. The predicted molar refractivity (Wildman–Crippen MR) is 54.0 cm³/mol. The summed E-state index contributed by atoms with van der Waals surface area (Å²) >= 11 is 1.75. The Labute approximate surface area is 82.8 Å². The third kappa shape index (κ3) is 2.53. The standard InChI is InChI=1S/C10H15NOS/c12-10-2-1-4-11(7-10)6-9-3-5-13-8-9/h3,5,8,10,12H,1-2,4,6-7H2/p+1/t10-/m0/s1. The minimum Gasteiger partial charge on any atom is -0.387 e. The maximum atomic E-state index is 9.49. The van der Waals surface area contributed by atoms with Crippen molar-refractivity contribution in [2.24, 2.45) is 0 Å². The number of aliphatic hydroxyl groups excluding tert-OH is 1. The summed E-state index contributed by atoms with van der Waals surface area (Å²) in [5.41, 5.74) is 1.41. The van der Waals surface area contributed by atoms with Crippen LogP contribution in [-0.4, -0.2) is 24.3 Å². The lowest BCUT2D eigenvalue weighted by atomic mass is 10.1. The van der Waals surface area contributed by atoms with Crippen molar-refractivity contribution in [1.29, 1.82) is 0 Å². The van der Waals surface area contributed by atoms with Crippen LogP contribution in [0.1, 0.15) is 18.4 Å². The van der Waals surface area contributed by atoms with Gasteiger partial charge in [-0.05, 0) is 29.7 Å². The largest absolute Gasteiger partial charge is 0.387 e. The topological polar surface area (TPSA) is 24.7 Å². The molecule has 13 heavy (non-hydrogen) atoms. The molecule has 2 nitrogen and oxygen atoms in total. The normalized spacial score (nSPS) is 29.0. The highest BCUT2D eigenvalue weighted by Crippen LogP contribution is 2.05. The van der Waals surface area contributed by atoms with Gasteiger partial charge in [-0.15, -0.1) is 0 Å². The summed E-state index contributed by atoms with van der Waals surface area (Å²) in [6.45, 7) is 3.23. The predicted octanol–water partition coefficient (Wildman–Crippen LogP) is 0.288. The van der Waals surface area contributed by atoms with Crippen molar-refractivity contribution < 1.29 is 10.0 Å². The maximum Gasteiger partial charge on any atom is 0.104 e. The molecule has 1 unspecified atom stereocenters. The van der Waals surface area contributed by atoms with Gasteiger partial charge in [-0.3, -0.25) is 0 Å². The van der Waals surface area contributed by atoms with Gasteiger partial charge in [0, 0.05) is 5.56 Å². The van der Waals surface area contributed by atoms with Gasteiger partial charge in [0.15, 0.2) is 0 Å². The first-order valence-electron chi connectivity index (χ1n) is 4.87. The summed E-state index contributed by atoms with van der Waals surface area (Å²) in [5.74, 6) is 0. The molecule has 2 heterocycles. The minimum atomic E-state index is -0.0672. The zero-order valence-electron chi connectivity index (χ0n) is 7.70. The molecule has 3 heteroatoms. The van der Waals surface area contributed by atoms with Crippen molar-refractivity contribution in [3.63, 3.8) is 0 Å². The van der Waals surface area contributed by atoms with Gasteiger partial charge in [0.25, 0.3) is 0 Å². The molecule has 72 valence electrons. The fourth-order valence-electron chi connectivity index (χ4n) is 1.97. The summed E-state index contributed by atoms with van der Waals surface area (Å²) in [4.78, 5) is 1.53. The van der Waals surface area contributed by atoms with Crippen LogP contribution in [0.2, 0.25) is 0 Å². The van der Waals surface area contributed by atoms with Crippen molar-refractivity contribution in [2.75, 3.05) is 13.1 Å². The van der Waals surface area contributed by atoms with E-state index < -0.39 is 0 Å². The van der Waals surface area contributed by atoms with E-state index >= 15 is 0 Å². The number of hydrogen-bond acceptors (Lipinski definition) is 2. The van der Waals surface area contributed by atoms with Crippen LogP contribution >= 0.6 is 11.3 Å². The molecule has 1 aliphatic heterocycles. The van der Waals surface area contributed by atoms with Crippen LogP contribution in [0.4, 0.5) is 0 Å². The van der Waals surface area contributed by atoms with Gasteiger partial charge in [-0.25, -0.2) is 0 Å². The van der Waals surface area contributed by atoms with E-state index in [0.717, 1.165) is 19.5 Å². The SMILES string of the molecule is O[C@H]1CCC[NH+](Cc2ccsc2)C1. The molecule has 1 aromatic rings. The number of quaternary nitrogens is 1. The molecule has 1 fully saturated rings. The quantitative estimate of drug-likeness (QED) is 0.701. The van der Waals surface area contributed by atoms with Gasteiger partial charge < -0.3 is 10.0 Å². The van der Waals surface area contributed by atoms with Gasteiger partial charge in [0.05, 0.1) is 6.54 Å². The van der Waals surface area contributed by atoms with Gasteiger partial charge >= 0.3 is 0 Å². The molecule has 0 aliphatic carbocycles. The Kier molecular flexibility index (Phi) is 2.98. The second-order valence-corrected chi connectivity index (χ2v) is 4.59. The summed E-state index contributed by atoms with van der Waals surface area (Å²) in [7, 11) is 0. The molecule has 1 aromatic heterocycles. The molecule has 0 saturated carbocycles. The fraction of sp³-hybridized carbons (Fsp3) is 0.600. The molecule has 0 amide bonds. The van der Waals surface area contributed by atoms with Gasteiger partial charge in [0.2, 0.25) is 0 Å². The van der Waals surface area contributed by atoms with E-state index in [1.807, 2.05) is 0 Å². The fourth-order valence-corrected chi connectivity index (χ4v) is 2.64. The summed E-state index contributed by atoms with van der Waals surface area (Å²) in [6.07, 6.45) is 2.09. The lowest BCUT2D eigenvalue weighted by Crippen LogP contribution is -3.12. The monoisotopic (exact) mass is 198 g/mol. The van der Waals surface area contributed by atoms with E-state index in [1.54, 1.807) is 11.3 Å². The molecule has 1 aliphatic rings. The Morgan fingerprint density at radius 2 is 2.54 bits per heavy atom. The Balaban J connectivity index is 1.87. The average molecular weight is 198 g/mol. The first-order valence-corrected chi connectivity index (χ1v) is 5.81. The smallest absolute Gasteiger partial charge is 0.104 e. The van der Waals surface area contributed by atoms with E-state index in [2.05, 4.69) is 16.8 Å². The molecule has 0 aromatic carbocycles. The number of likely N-dealkylation sites (tertiary alicyclic amines) is 1. The average Bonchev–Trinajstić information content (AvgIpc) is 2.57. The number of thiophene rings is 1. The van der Waals surface area contributed by atoms with Crippen LogP contribution < -0.4 is 4.90 Å². The Bertz CT molecular complexity index is 247.